The Labute approximate surface area is 191 Å². The van der Waals surface area contributed by atoms with Crippen molar-refractivity contribution < 1.29 is 13.6 Å². The zero-order chi connectivity index (χ0) is 23.4. The molecule has 2 aromatic rings. The van der Waals surface area contributed by atoms with Crippen molar-refractivity contribution in [3.05, 3.63) is 76.9 Å². The minimum absolute atomic E-state index is 0.135. The van der Waals surface area contributed by atoms with Crippen molar-refractivity contribution in [2.24, 2.45) is 15.6 Å². The summed E-state index contributed by atoms with van der Waals surface area (Å²) in [7, 11) is 0. The van der Waals surface area contributed by atoms with Gasteiger partial charge in [0.25, 0.3) is 6.43 Å². The van der Waals surface area contributed by atoms with Gasteiger partial charge in [-0.15, -0.1) is 0 Å². The first-order valence-electron chi connectivity index (χ1n) is 11.2. The Hall–Kier alpha value is -3.22. The van der Waals surface area contributed by atoms with E-state index in [4.69, 9.17) is 0 Å². The molecule has 0 saturated heterocycles. The molecule has 5 rings (SSSR count). The Morgan fingerprint density at radius 3 is 2.70 bits per heavy atom. The van der Waals surface area contributed by atoms with Crippen LogP contribution in [0.5, 0.6) is 0 Å². The van der Waals surface area contributed by atoms with E-state index in [9.17, 15) is 13.6 Å². The van der Waals surface area contributed by atoms with Crippen molar-refractivity contribution in [1.29, 1.82) is 0 Å². The molecule has 0 fully saturated rings. The Balaban J connectivity index is 1.70. The fourth-order valence-electron chi connectivity index (χ4n) is 5.60. The van der Waals surface area contributed by atoms with Gasteiger partial charge in [0, 0.05) is 29.5 Å². The topological polar surface area (TPSA) is 66.7 Å². The van der Waals surface area contributed by atoms with Gasteiger partial charge in [-0.1, -0.05) is 39.0 Å². The van der Waals surface area contributed by atoms with Gasteiger partial charge in [-0.25, -0.2) is 8.78 Å². The maximum atomic E-state index is 13.6. The molecule has 0 spiro atoms. The van der Waals surface area contributed by atoms with Crippen molar-refractivity contribution in [1.82, 2.24) is 10.3 Å². The van der Waals surface area contributed by atoms with E-state index in [1.165, 1.54) is 12.3 Å². The highest BCUT2D eigenvalue weighted by atomic mass is 19.3. The summed E-state index contributed by atoms with van der Waals surface area (Å²) in [6.45, 7) is 6.29. The molecular weight excluding hydrogens is 422 g/mol. The van der Waals surface area contributed by atoms with Crippen LogP contribution in [0.3, 0.4) is 0 Å². The number of Topliss-reactive ketones (excluding diaryl/α,β-unsaturated/α-hetero) is 1. The second-order valence-electron chi connectivity index (χ2n) is 9.77. The van der Waals surface area contributed by atoms with Crippen LogP contribution in [0.25, 0.3) is 11.1 Å². The third-order valence-electron chi connectivity index (χ3n) is 7.00. The molecule has 170 valence electrons. The van der Waals surface area contributed by atoms with Crippen LogP contribution in [0.1, 0.15) is 57.7 Å². The summed E-state index contributed by atoms with van der Waals surface area (Å²) in [6.07, 6.45) is 2.13. The highest BCUT2D eigenvalue weighted by molar-refractivity contribution is 6.01. The summed E-state index contributed by atoms with van der Waals surface area (Å²) < 4.78 is 26.5. The molecule has 1 N–H and O–H groups in total. The van der Waals surface area contributed by atoms with Crippen LogP contribution < -0.4 is 5.32 Å². The predicted octanol–water partition coefficient (Wildman–Crippen LogP) is 6.26. The fourth-order valence-corrected chi connectivity index (χ4v) is 5.60. The molecule has 1 aromatic carbocycles. The molecule has 2 atom stereocenters. The van der Waals surface area contributed by atoms with Gasteiger partial charge < -0.3 is 5.32 Å². The van der Waals surface area contributed by atoms with E-state index in [1.54, 1.807) is 12.3 Å². The number of azo groups is 1. The first-order valence-corrected chi connectivity index (χ1v) is 11.2. The number of rotatable bonds is 4. The number of aromatic nitrogens is 1. The Morgan fingerprint density at radius 2 is 1.94 bits per heavy atom. The number of nitrogens with one attached hydrogen (secondary N) is 1. The molecule has 33 heavy (non-hydrogen) atoms. The SMILES string of the molecule is CC[C@@]1(c2cccc(-c3ccnc(C(F)F)c3)c2)C2=CN=NC2NC2=C1C(=O)CC(C)(C)C2. The number of hydrogen-bond acceptors (Lipinski definition) is 5. The molecule has 1 unspecified atom stereocenters. The van der Waals surface area contributed by atoms with E-state index < -0.39 is 11.8 Å². The third kappa shape index (κ3) is 3.41. The first kappa shape index (κ1) is 21.6. The first-order chi connectivity index (χ1) is 15.7. The van der Waals surface area contributed by atoms with Gasteiger partial charge >= 0.3 is 0 Å². The zero-order valence-electron chi connectivity index (χ0n) is 18.9. The third-order valence-corrected chi connectivity index (χ3v) is 7.00. The number of pyridine rings is 1. The quantitative estimate of drug-likeness (QED) is 0.601. The predicted molar refractivity (Wildman–Crippen MR) is 122 cm³/mol. The molecule has 0 amide bonds. The maximum absolute atomic E-state index is 13.6. The summed E-state index contributed by atoms with van der Waals surface area (Å²) in [4.78, 5) is 17.4. The molecule has 5 nitrogen and oxygen atoms in total. The van der Waals surface area contributed by atoms with Gasteiger partial charge in [-0.3, -0.25) is 9.78 Å². The summed E-state index contributed by atoms with van der Waals surface area (Å²) in [5.74, 6) is 0.135. The minimum atomic E-state index is -2.64. The molecule has 3 aliphatic rings. The van der Waals surface area contributed by atoms with Gasteiger partial charge in [0.2, 0.25) is 0 Å². The number of fused-ring (bicyclic) bond motifs is 1. The van der Waals surface area contributed by atoms with Gasteiger partial charge in [-0.05, 0) is 53.1 Å². The van der Waals surface area contributed by atoms with Crippen LogP contribution in [-0.4, -0.2) is 16.9 Å². The fraction of sp³-hybridized carbons (Fsp3) is 0.385. The smallest absolute Gasteiger partial charge is 0.280 e. The summed E-state index contributed by atoms with van der Waals surface area (Å²) >= 11 is 0. The number of hydrogen-bond donors (Lipinski definition) is 1. The van der Waals surface area contributed by atoms with Crippen molar-refractivity contribution in [3.8, 4) is 11.1 Å². The average molecular weight is 449 g/mol. The van der Waals surface area contributed by atoms with E-state index in [0.29, 0.717) is 18.4 Å². The molecule has 1 aromatic heterocycles. The van der Waals surface area contributed by atoms with Crippen LogP contribution in [0.15, 0.2) is 75.9 Å². The van der Waals surface area contributed by atoms with Crippen LogP contribution >= 0.6 is 0 Å². The second-order valence-corrected chi connectivity index (χ2v) is 9.77. The largest absolute Gasteiger partial charge is 0.362 e. The van der Waals surface area contributed by atoms with Crippen LogP contribution in [-0.2, 0) is 10.2 Å². The summed E-state index contributed by atoms with van der Waals surface area (Å²) in [5, 5.41) is 12.1. The van der Waals surface area contributed by atoms with E-state index >= 15 is 0 Å². The van der Waals surface area contributed by atoms with Gasteiger partial charge in [0.15, 0.2) is 11.9 Å². The lowest BCUT2D eigenvalue weighted by Gasteiger charge is -2.47. The molecule has 0 saturated carbocycles. The number of allylic oxidation sites excluding steroid dienone is 2. The maximum Gasteiger partial charge on any atom is 0.280 e. The Bertz CT molecular complexity index is 1230. The van der Waals surface area contributed by atoms with E-state index in [2.05, 4.69) is 41.3 Å². The summed E-state index contributed by atoms with van der Waals surface area (Å²) in [5.41, 5.74) is 4.05. The number of halogens is 2. The highest BCUT2D eigenvalue weighted by Crippen LogP contribution is 2.54. The normalized spacial score (nSPS) is 25.6. The van der Waals surface area contributed by atoms with Crippen LogP contribution in [0.2, 0.25) is 0 Å². The highest BCUT2D eigenvalue weighted by Gasteiger charge is 2.52. The lowest BCUT2D eigenvalue weighted by atomic mass is 9.58. The lowest BCUT2D eigenvalue weighted by Crippen LogP contribution is -2.51. The number of ketones is 1. The number of benzene rings is 1. The number of nitrogens with zero attached hydrogens (tertiary/aromatic N) is 3. The molecule has 1 aliphatic carbocycles. The molecule has 2 aliphatic heterocycles. The number of carbonyl (C=O) groups is 1. The van der Waals surface area contributed by atoms with Crippen molar-refractivity contribution in [2.45, 2.75) is 58.0 Å². The molecule has 3 heterocycles. The van der Waals surface area contributed by atoms with Gasteiger partial charge in [-0.2, -0.15) is 10.2 Å². The molecular formula is C26H26F2N4O. The Kier molecular flexibility index (Phi) is 5.03. The Morgan fingerprint density at radius 1 is 1.15 bits per heavy atom. The van der Waals surface area contributed by atoms with Crippen molar-refractivity contribution >= 4 is 5.78 Å². The minimum Gasteiger partial charge on any atom is -0.362 e. The second kappa shape index (κ2) is 7.68. The van der Waals surface area contributed by atoms with Gasteiger partial charge in [0.05, 0.1) is 11.6 Å². The van der Waals surface area contributed by atoms with Crippen molar-refractivity contribution in [3.63, 3.8) is 0 Å². The summed E-state index contributed by atoms with van der Waals surface area (Å²) in [6, 6.07) is 11.0. The van der Waals surface area contributed by atoms with Gasteiger partial charge in [0.1, 0.15) is 5.69 Å². The van der Waals surface area contributed by atoms with E-state index in [0.717, 1.165) is 34.4 Å². The molecule has 7 heteroatoms. The van der Waals surface area contributed by atoms with Crippen LogP contribution in [0.4, 0.5) is 8.78 Å². The number of carbonyl (C=O) groups excluding carboxylic acids is 1. The number of alkyl halides is 2. The standard InChI is InChI=1S/C26H26F2N4O/c1-4-26(17-7-5-6-15(10-17)16-8-9-29-19(11-16)23(27)28)18-14-30-32-24(18)31-20-12-25(2,3)13-21(33)22(20)26/h5-11,14,23-24,31H,4,12-13H2,1-3H3/t24?,26-/m1/s1. The average Bonchev–Trinajstić information content (AvgIpc) is 3.25. The lowest BCUT2D eigenvalue weighted by molar-refractivity contribution is -0.119. The van der Waals surface area contributed by atoms with Crippen LogP contribution in [0, 0.1) is 5.41 Å². The zero-order valence-corrected chi connectivity index (χ0v) is 18.9. The van der Waals surface area contributed by atoms with E-state index in [-0.39, 0.29) is 23.1 Å². The van der Waals surface area contributed by atoms with Crippen molar-refractivity contribution in [2.75, 3.05) is 0 Å². The molecule has 0 bridgehead atoms. The monoisotopic (exact) mass is 448 g/mol. The van der Waals surface area contributed by atoms with E-state index in [1.807, 2.05) is 24.3 Å². The molecule has 0 radical (unpaired) electrons.